The molecule has 2 heterocycles. The van der Waals surface area contributed by atoms with Crippen molar-refractivity contribution in [1.29, 1.82) is 0 Å². The molecule has 3 rings (SSSR count). The van der Waals surface area contributed by atoms with Crippen LogP contribution in [0.2, 0.25) is 0 Å². The van der Waals surface area contributed by atoms with Gasteiger partial charge in [-0.2, -0.15) is 0 Å². The van der Waals surface area contributed by atoms with E-state index in [9.17, 15) is 0 Å². The fourth-order valence-electron chi connectivity index (χ4n) is 3.28. The summed E-state index contributed by atoms with van der Waals surface area (Å²) < 4.78 is 0. The van der Waals surface area contributed by atoms with E-state index in [1.807, 2.05) is 18.2 Å². The fourth-order valence-corrected chi connectivity index (χ4v) is 3.28. The van der Waals surface area contributed by atoms with Crippen molar-refractivity contribution in [3.8, 4) is 0 Å². The molecular formula is C16H23N5. The lowest BCUT2D eigenvalue weighted by Gasteiger charge is -2.26. The summed E-state index contributed by atoms with van der Waals surface area (Å²) in [4.78, 5) is 13.8. The van der Waals surface area contributed by atoms with E-state index in [4.69, 9.17) is 5.73 Å². The summed E-state index contributed by atoms with van der Waals surface area (Å²) in [5, 5.41) is 1.09. The smallest absolute Gasteiger partial charge is 0.139 e. The molecule has 21 heavy (non-hydrogen) atoms. The number of aromatic nitrogens is 2. The Hall–Kier alpha value is -1.88. The van der Waals surface area contributed by atoms with E-state index in [-0.39, 0.29) is 0 Å². The van der Waals surface area contributed by atoms with E-state index in [2.05, 4.69) is 33.6 Å². The highest BCUT2D eigenvalue weighted by Crippen LogP contribution is 2.28. The molecular weight excluding hydrogens is 262 g/mol. The van der Waals surface area contributed by atoms with E-state index in [0.29, 0.717) is 6.04 Å². The highest BCUT2D eigenvalue weighted by Gasteiger charge is 2.27. The summed E-state index contributed by atoms with van der Waals surface area (Å²) in [6.45, 7) is 8.77. The molecule has 1 aromatic carbocycles. The third-order valence-corrected chi connectivity index (χ3v) is 4.43. The van der Waals surface area contributed by atoms with Crippen molar-refractivity contribution in [3.05, 3.63) is 24.5 Å². The first-order valence-electron chi connectivity index (χ1n) is 7.72. The Morgan fingerprint density at radius 3 is 2.86 bits per heavy atom. The average Bonchev–Trinajstić information content (AvgIpc) is 2.97. The van der Waals surface area contributed by atoms with Gasteiger partial charge in [0.1, 0.15) is 12.1 Å². The highest BCUT2D eigenvalue weighted by molar-refractivity contribution is 5.91. The second-order valence-electron chi connectivity index (χ2n) is 5.58. The monoisotopic (exact) mass is 285 g/mol. The first-order chi connectivity index (χ1) is 10.2. The molecule has 0 amide bonds. The van der Waals surface area contributed by atoms with Crippen molar-refractivity contribution in [3.63, 3.8) is 0 Å². The van der Waals surface area contributed by atoms with Gasteiger partial charge in [-0.3, -0.25) is 4.90 Å². The lowest BCUT2D eigenvalue weighted by molar-refractivity contribution is 0.232. The Bertz CT molecular complexity index is 623. The molecule has 1 aliphatic rings. The number of nitrogens with zero attached hydrogens (tertiary/aromatic N) is 4. The van der Waals surface area contributed by atoms with E-state index >= 15 is 0 Å². The maximum Gasteiger partial charge on any atom is 0.139 e. The number of hydrogen-bond donors (Lipinski definition) is 1. The zero-order valence-electron chi connectivity index (χ0n) is 12.8. The quantitative estimate of drug-likeness (QED) is 0.872. The number of hydrogen-bond acceptors (Lipinski definition) is 5. The molecule has 1 atom stereocenters. The largest absolute Gasteiger partial charge is 0.399 e. The summed E-state index contributed by atoms with van der Waals surface area (Å²) in [5.74, 6) is 1.04. The van der Waals surface area contributed by atoms with E-state index in [1.54, 1.807) is 6.33 Å². The standard InChI is InChI=1S/C16H23N5/c1-3-20(4-2)13-7-8-21(10-13)16-14-6-5-12(17)9-15(14)18-11-19-16/h5-6,9,11,13H,3-4,7-8,10,17H2,1-2H3. The molecule has 0 spiro atoms. The van der Waals surface area contributed by atoms with Crippen LogP contribution in [0.25, 0.3) is 10.9 Å². The summed E-state index contributed by atoms with van der Waals surface area (Å²) in [6.07, 6.45) is 2.84. The molecule has 5 heteroatoms. The topological polar surface area (TPSA) is 58.3 Å². The van der Waals surface area contributed by atoms with Gasteiger partial charge < -0.3 is 10.6 Å². The molecule has 1 saturated heterocycles. The highest BCUT2D eigenvalue weighted by atomic mass is 15.3. The second kappa shape index (κ2) is 5.85. The minimum atomic E-state index is 0.624. The van der Waals surface area contributed by atoms with Crippen molar-refractivity contribution in [1.82, 2.24) is 14.9 Å². The number of rotatable bonds is 4. The fraction of sp³-hybridized carbons (Fsp3) is 0.500. The molecule has 0 bridgehead atoms. The van der Waals surface area contributed by atoms with Gasteiger partial charge in [-0.1, -0.05) is 13.8 Å². The van der Waals surface area contributed by atoms with Crippen LogP contribution in [-0.2, 0) is 0 Å². The zero-order chi connectivity index (χ0) is 14.8. The Morgan fingerprint density at radius 1 is 1.29 bits per heavy atom. The summed E-state index contributed by atoms with van der Waals surface area (Å²) in [6, 6.07) is 6.50. The molecule has 2 N–H and O–H groups in total. The maximum absolute atomic E-state index is 5.84. The molecule has 1 aromatic heterocycles. The second-order valence-corrected chi connectivity index (χ2v) is 5.58. The number of nitrogen functional groups attached to an aromatic ring is 1. The zero-order valence-corrected chi connectivity index (χ0v) is 12.8. The molecule has 5 nitrogen and oxygen atoms in total. The van der Waals surface area contributed by atoms with Crippen LogP contribution in [0.3, 0.4) is 0 Å². The molecule has 2 aromatic rings. The van der Waals surface area contributed by atoms with Crippen molar-refractivity contribution in [2.75, 3.05) is 36.8 Å². The van der Waals surface area contributed by atoms with Gasteiger partial charge in [-0.25, -0.2) is 9.97 Å². The summed E-state index contributed by atoms with van der Waals surface area (Å²) in [7, 11) is 0. The normalized spacial score (nSPS) is 18.8. The van der Waals surface area contributed by atoms with Gasteiger partial charge in [-0.15, -0.1) is 0 Å². The van der Waals surface area contributed by atoms with Crippen LogP contribution >= 0.6 is 0 Å². The van der Waals surface area contributed by atoms with E-state index in [1.165, 1.54) is 6.42 Å². The van der Waals surface area contributed by atoms with Crippen molar-refractivity contribution in [2.45, 2.75) is 26.3 Å². The molecule has 1 fully saturated rings. The van der Waals surface area contributed by atoms with Crippen molar-refractivity contribution in [2.24, 2.45) is 0 Å². The first-order valence-corrected chi connectivity index (χ1v) is 7.72. The summed E-state index contributed by atoms with van der Waals surface area (Å²) in [5.41, 5.74) is 7.51. The minimum absolute atomic E-state index is 0.624. The lowest BCUT2D eigenvalue weighted by atomic mass is 10.2. The van der Waals surface area contributed by atoms with Crippen LogP contribution in [0.4, 0.5) is 11.5 Å². The number of anilines is 2. The Balaban J connectivity index is 1.88. The Labute approximate surface area is 125 Å². The number of benzene rings is 1. The first kappa shape index (κ1) is 14.1. The molecule has 0 saturated carbocycles. The van der Waals surface area contributed by atoms with Crippen LogP contribution in [0.15, 0.2) is 24.5 Å². The van der Waals surface area contributed by atoms with Crippen LogP contribution in [0.1, 0.15) is 20.3 Å². The van der Waals surface area contributed by atoms with Gasteiger partial charge in [-0.05, 0) is 37.7 Å². The summed E-state index contributed by atoms with van der Waals surface area (Å²) >= 11 is 0. The van der Waals surface area contributed by atoms with Crippen molar-refractivity contribution < 1.29 is 0 Å². The number of fused-ring (bicyclic) bond motifs is 1. The van der Waals surface area contributed by atoms with Crippen LogP contribution in [-0.4, -0.2) is 47.1 Å². The predicted octanol–water partition coefficient (Wildman–Crippen LogP) is 2.13. The molecule has 0 radical (unpaired) electrons. The number of likely N-dealkylation sites (N-methyl/N-ethyl adjacent to an activating group) is 1. The third kappa shape index (κ3) is 2.65. The van der Waals surface area contributed by atoms with Gasteiger partial charge in [0, 0.05) is 30.2 Å². The average molecular weight is 285 g/mol. The Kier molecular flexibility index (Phi) is 3.92. The minimum Gasteiger partial charge on any atom is -0.399 e. The van der Waals surface area contributed by atoms with Gasteiger partial charge >= 0.3 is 0 Å². The lowest BCUT2D eigenvalue weighted by Crippen LogP contribution is -2.37. The van der Waals surface area contributed by atoms with Gasteiger partial charge in [0.2, 0.25) is 0 Å². The molecule has 0 aliphatic carbocycles. The van der Waals surface area contributed by atoms with Crippen LogP contribution in [0.5, 0.6) is 0 Å². The maximum atomic E-state index is 5.84. The third-order valence-electron chi connectivity index (χ3n) is 4.43. The van der Waals surface area contributed by atoms with Crippen molar-refractivity contribution >= 4 is 22.4 Å². The Morgan fingerprint density at radius 2 is 2.10 bits per heavy atom. The SMILES string of the molecule is CCN(CC)C1CCN(c2ncnc3cc(N)ccc23)C1. The number of nitrogens with two attached hydrogens (primary N) is 1. The van der Waals surface area contributed by atoms with E-state index in [0.717, 1.165) is 48.6 Å². The van der Waals surface area contributed by atoms with Gasteiger partial charge in [0.25, 0.3) is 0 Å². The van der Waals surface area contributed by atoms with Gasteiger partial charge in [0.05, 0.1) is 5.52 Å². The van der Waals surface area contributed by atoms with Crippen LogP contribution in [0, 0.1) is 0 Å². The molecule has 1 aliphatic heterocycles. The van der Waals surface area contributed by atoms with Gasteiger partial charge in [0.15, 0.2) is 0 Å². The molecule has 112 valence electrons. The van der Waals surface area contributed by atoms with Crippen LogP contribution < -0.4 is 10.6 Å². The predicted molar refractivity (Wildman–Crippen MR) is 87.5 cm³/mol. The molecule has 1 unspecified atom stereocenters. The van der Waals surface area contributed by atoms with E-state index < -0.39 is 0 Å².